The molecule has 2 aromatic heterocycles. The van der Waals surface area contributed by atoms with E-state index in [9.17, 15) is 0 Å². The van der Waals surface area contributed by atoms with Crippen LogP contribution in [0, 0.1) is 0 Å². The molecule has 4 rings (SSSR count). The van der Waals surface area contributed by atoms with Gasteiger partial charge in [0, 0.05) is 47.3 Å². The zero-order chi connectivity index (χ0) is 14.9. The molecule has 0 radical (unpaired) electrons. The minimum atomic E-state index is 0.908. The van der Waals surface area contributed by atoms with Crippen molar-refractivity contribution in [2.75, 3.05) is 0 Å². The molecule has 0 aliphatic rings. The Kier molecular flexibility index (Phi) is 3.80. The second-order valence-electron chi connectivity index (χ2n) is 5.24. The molecule has 4 aromatic rings. The van der Waals surface area contributed by atoms with Crippen LogP contribution < -0.4 is 0 Å². The summed E-state index contributed by atoms with van der Waals surface area (Å²) in [7, 11) is 1.70. The van der Waals surface area contributed by atoms with Crippen molar-refractivity contribution in [3.05, 3.63) is 78.1 Å². The summed E-state index contributed by atoms with van der Waals surface area (Å²) < 4.78 is 2.26. The molecule has 2 nitrogen and oxygen atoms in total. The summed E-state index contributed by atoms with van der Waals surface area (Å²) in [5.41, 5.74) is 5.04. The lowest BCUT2D eigenvalue weighted by atomic mass is 10.0. The minimum absolute atomic E-state index is 0.908. The highest BCUT2D eigenvalue weighted by atomic mass is 127. The van der Waals surface area contributed by atoms with E-state index < -0.39 is 0 Å². The third-order valence-corrected chi connectivity index (χ3v) is 5.63. The third kappa shape index (κ3) is 2.30. The molecule has 0 amide bonds. The molecule has 0 saturated heterocycles. The zero-order valence-corrected chi connectivity index (χ0v) is 14.7. The van der Waals surface area contributed by atoms with Gasteiger partial charge in [0.25, 0.3) is 0 Å². The van der Waals surface area contributed by atoms with E-state index in [2.05, 4.69) is 84.8 Å². The lowest BCUT2D eigenvalue weighted by Crippen LogP contribution is -1.91. The van der Waals surface area contributed by atoms with Crippen molar-refractivity contribution < 1.29 is 0 Å². The van der Waals surface area contributed by atoms with Gasteiger partial charge in [-0.25, -0.2) is 0 Å². The van der Waals surface area contributed by atoms with Crippen LogP contribution in [0.3, 0.4) is 0 Å². The van der Waals surface area contributed by atoms with Gasteiger partial charge in [0.15, 0.2) is 0 Å². The van der Waals surface area contributed by atoms with Gasteiger partial charge in [-0.15, -0.1) is 0 Å². The molecule has 0 spiro atoms. The maximum absolute atomic E-state index is 4.48. The Balaban J connectivity index is 2.00. The highest BCUT2D eigenvalue weighted by Gasteiger charge is 2.14. The standard InChI is InChI=1S/C18H13IN2S/c19-22-21-16-9-5-4-8-15(16)18-14(11-20-12-17(18)21)10-13-6-2-1-3-7-13/h1-9,11-12H,10H2. The fraction of sp³-hybridized carbons (Fsp3) is 0.0556. The van der Waals surface area contributed by atoms with E-state index >= 15 is 0 Å². The summed E-state index contributed by atoms with van der Waals surface area (Å²) in [4.78, 5) is 4.48. The van der Waals surface area contributed by atoms with Gasteiger partial charge >= 0.3 is 0 Å². The number of rotatable bonds is 3. The van der Waals surface area contributed by atoms with Crippen LogP contribution >= 0.6 is 30.3 Å². The van der Waals surface area contributed by atoms with Crippen molar-refractivity contribution >= 4 is 52.1 Å². The maximum Gasteiger partial charge on any atom is 0.0798 e. The maximum atomic E-state index is 4.48. The highest BCUT2D eigenvalue weighted by Crippen LogP contribution is 2.36. The molecule has 0 atom stereocenters. The number of hydrogen-bond donors (Lipinski definition) is 0. The summed E-state index contributed by atoms with van der Waals surface area (Å²) in [5, 5.41) is 2.62. The molecule has 0 unspecified atom stereocenters. The van der Waals surface area contributed by atoms with Crippen molar-refractivity contribution in [2.24, 2.45) is 0 Å². The molecule has 0 saturated carbocycles. The van der Waals surface area contributed by atoms with Crippen LogP contribution in [0.25, 0.3) is 21.8 Å². The van der Waals surface area contributed by atoms with Crippen molar-refractivity contribution in [1.82, 2.24) is 8.96 Å². The Hall–Kier alpha value is -1.53. The van der Waals surface area contributed by atoms with Crippen LogP contribution in [0.15, 0.2) is 67.0 Å². The van der Waals surface area contributed by atoms with E-state index in [1.165, 1.54) is 32.9 Å². The van der Waals surface area contributed by atoms with Gasteiger partial charge in [-0.3, -0.25) is 8.96 Å². The van der Waals surface area contributed by atoms with Crippen molar-refractivity contribution in [3.63, 3.8) is 0 Å². The Morgan fingerprint density at radius 2 is 1.68 bits per heavy atom. The number of hydrogen-bond acceptors (Lipinski definition) is 2. The SMILES string of the molecule is ISn1c2ccccc2c2c(Cc3ccccc3)cncc21. The molecule has 2 heterocycles. The molecule has 0 N–H and O–H groups in total. The van der Waals surface area contributed by atoms with Crippen LogP contribution in [0.1, 0.15) is 11.1 Å². The Bertz CT molecular complexity index is 947. The van der Waals surface area contributed by atoms with Crippen molar-refractivity contribution in [3.8, 4) is 0 Å². The number of nitrogens with zero attached hydrogens (tertiary/aromatic N) is 2. The number of halogens is 1. The Morgan fingerprint density at radius 1 is 0.909 bits per heavy atom. The Labute approximate surface area is 145 Å². The van der Waals surface area contributed by atoms with Crippen LogP contribution in [-0.2, 0) is 6.42 Å². The van der Waals surface area contributed by atoms with Gasteiger partial charge in [0.05, 0.1) is 17.2 Å². The minimum Gasteiger partial charge on any atom is -0.273 e. The summed E-state index contributed by atoms with van der Waals surface area (Å²) >= 11 is 2.33. The van der Waals surface area contributed by atoms with E-state index in [-0.39, 0.29) is 0 Å². The first kappa shape index (κ1) is 14.1. The highest BCUT2D eigenvalue weighted by molar-refractivity contribution is 14.2. The fourth-order valence-electron chi connectivity index (χ4n) is 2.97. The third-order valence-electron chi connectivity index (χ3n) is 3.92. The molecule has 0 bridgehead atoms. The topological polar surface area (TPSA) is 17.8 Å². The smallest absolute Gasteiger partial charge is 0.0798 e. The predicted molar refractivity (Wildman–Crippen MR) is 103 cm³/mol. The molecule has 22 heavy (non-hydrogen) atoms. The Morgan fingerprint density at radius 3 is 2.50 bits per heavy atom. The number of aromatic nitrogens is 2. The molecular formula is C18H13IN2S. The lowest BCUT2D eigenvalue weighted by molar-refractivity contribution is 1.17. The monoisotopic (exact) mass is 416 g/mol. The largest absolute Gasteiger partial charge is 0.273 e. The van der Waals surface area contributed by atoms with Gasteiger partial charge < -0.3 is 0 Å². The molecule has 108 valence electrons. The normalized spacial score (nSPS) is 11.3. The summed E-state index contributed by atoms with van der Waals surface area (Å²) in [6, 6.07) is 19.2. The first-order valence-corrected chi connectivity index (χ1v) is 10.4. The predicted octanol–water partition coefficient (Wildman–Crippen LogP) is 5.63. The van der Waals surface area contributed by atoms with Gasteiger partial charge in [-0.1, -0.05) is 48.5 Å². The fourth-order valence-corrected chi connectivity index (χ4v) is 4.69. The van der Waals surface area contributed by atoms with E-state index in [0.717, 1.165) is 6.42 Å². The molecule has 2 aromatic carbocycles. The van der Waals surface area contributed by atoms with Crippen molar-refractivity contribution in [2.45, 2.75) is 6.42 Å². The average Bonchev–Trinajstić information content (AvgIpc) is 2.90. The van der Waals surface area contributed by atoms with Gasteiger partial charge in [0.1, 0.15) is 0 Å². The first-order valence-electron chi connectivity index (χ1n) is 7.07. The number of benzene rings is 2. The number of pyridine rings is 1. The van der Waals surface area contributed by atoms with Gasteiger partial charge in [0.2, 0.25) is 0 Å². The van der Waals surface area contributed by atoms with E-state index in [4.69, 9.17) is 0 Å². The molecule has 4 heteroatoms. The second-order valence-corrected chi connectivity index (χ2v) is 6.92. The van der Waals surface area contributed by atoms with E-state index in [0.29, 0.717) is 0 Å². The number of para-hydroxylation sites is 1. The molecule has 0 fully saturated rings. The van der Waals surface area contributed by atoms with Crippen LogP contribution in [0.5, 0.6) is 0 Å². The van der Waals surface area contributed by atoms with Gasteiger partial charge in [-0.2, -0.15) is 0 Å². The lowest BCUT2D eigenvalue weighted by Gasteiger charge is -2.04. The quantitative estimate of drug-likeness (QED) is 0.403. The average molecular weight is 416 g/mol. The van der Waals surface area contributed by atoms with Crippen LogP contribution in [0.2, 0.25) is 0 Å². The number of fused-ring (bicyclic) bond motifs is 3. The van der Waals surface area contributed by atoms with Crippen molar-refractivity contribution in [1.29, 1.82) is 0 Å². The summed E-state index contributed by atoms with van der Waals surface area (Å²) in [5.74, 6) is 0. The summed E-state index contributed by atoms with van der Waals surface area (Å²) in [6.45, 7) is 0. The zero-order valence-electron chi connectivity index (χ0n) is 11.7. The van der Waals surface area contributed by atoms with Crippen LogP contribution in [0.4, 0.5) is 0 Å². The molecular weight excluding hydrogens is 403 g/mol. The molecule has 0 aliphatic carbocycles. The van der Waals surface area contributed by atoms with E-state index in [1.807, 2.05) is 12.4 Å². The second kappa shape index (κ2) is 5.93. The molecule has 0 aliphatic heterocycles. The van der Waals surface area contributed by atoms with E-state index in [1.54, 1.807) is 9.12 Å². The van der Waals surface area contributed by atoms with Crippen LogP contribution in [-0.4, -0.2) is 8.96 Å². The van der Waals surface area contributed by atoms with Gasteiger partial charge in [-0.05, 0) is 23.6 Å². The first-order chi connectivity index (χ1) is 10.9. The summed E-state index contributed by atoms with van der Waals surface area (Å²) in [6.07, 6.45) is 4.88.